The average molecular weight is 350 g/mol. The number of carbonyl (C=O) groups is 1. The minimum atomic E-state index is -3.76. The third-order valence-electron chi connectivity index (χ3n) is 3.29. The van der Waals surface area contributed by atoms with Crippen LogP contribution in [0.25, 0.3) is 10.9 Å². The molecule has 2 aromatic carbocycles. The largest absolute Gasteiger partial charge is 0.349 e. The van der Waals surface area contributed by atoms with Crippen LogP contribution in [0.15, 0.2) is 53.4 Å². The summed E-state index contributed by atoms with van der Waals surface area (Å²) in [6.07, 6.45) is 0. The molecule has 0 unspecified atom stereocenters. The zero-order chi connectivity index (χ0) is 16.6. The number of amides is 1. The molecule has 23 heavy (non-hydrogen) atoms. The van der Waals surface area contributed by atoms with Crippen LogP contribution in [-0.2, 0) is 10.0 Å². The first-order valence-electron chi connectivity index (χ1n) is 6.56. The number of anilines is 1. The number of nitrogens with one attached hydrogen (secondary N) is 2. The SMILES string of the molecule is NS(=O)(=O)c1ccc(NC(=O)c2cc3cccc(Cl)c3[nH]2)cc1. The number of benzene rings is 2. The molecule has 0 bridgehead atoms. The summed E-state index contributed by atoms with van der Waals surface area (Å²) in [4.78, 5) is 15.2. The molecule has 8 heteroatoms. The fourth-order valence-electron chi connectivity index (χ4n) is 2.17. The number of fused-ring (bicyclic) bond motifs is 1. The van der Waals surface area contributed by atoms with Gasteiger partial charge in [0.1, 0.15) is 5.69 Å². The summed E-state index contributed by atoms with van der Waals surface area (Å²) in [5, 5.41) is 9.05. The number of primary sulfonamides is 1. The fraction of sp³-hybridized carbons (Fsp3) is 0. The molecule has 0 aliphatic heterocycles. The van der Waals surface area contributed by atoms with Crippen LogP contribution < -0.4 is 10.5 Å². The van der Waals surface area contributed by atoms with E-state index in [0.717, 1.165) is 5.39 Å². The summed E-state index contributed by atoms with van der Waals surface area (Å²) >= 11 is 6.06. The van der Waals surface area contributed by atoms with Crippen LogP contribution in [0.4, 0.5) is 5.69 Å². The van der Waals surface area contributed by atoms with Gasteiger partial charge in [-0.25, -0.2) is 13.6 Å². The first-order chi connectivity index (χ1) is 10.8. The molecule has 118 valence electrons. The van der Waals surface area contributed by atoms with Gasteiger partial charge in [0.15, 0.2) is 0 Å². The second kappa shape index (κ2) is 5.69. The summed E-state index contributed by atoms with van der Waals surface area (Å²) < 4.78 is 22.4. The molecule has 0 saturated heterocycles. The lowest BCUT2D eigenvalue weighted by molar-refractivity contribution is 0.102. The van der Waals surface area contributed by atoms with Crippen molar-refractivity contribution in [1.82, 2.24) is 4.98 Å². The topological polar surface area (TPSA) is 105 Å². The Morgan fingerprint density at radius 2 is 1.83 bits per heavy atom. The van der Waals surface area contributed by atoms with E-state index in [9.17, 15) is 13.2 Å². The summed E-state index contributed by atoms with van der Waals surface area (Å²) in [6, 6.07) is 12.6. The highest BCUT2D eigenvalue weighted by Gasteiger charge is 2.12. The van der Waals surface area contributed by atoms with Crippen LogP contribution >= 0.6 is 11.6 Å². The lowest BCUT2D eigenvalue weighted by Crippen LogP contribution is -2.14. The van der Waals surface area contributed by atoms with E-state index in [1.54, 1.807) is 18.2 Å². The Labute approximate surface area is 137 Å². The highest BCUT2D eigenvalue weighted by atomic mass is 35.5. The maximum Gasteiger partial charge on any atom is 0.272 e. The highest BCUT2D eigenvalue weighted by Crippen LogP contribution is 2.24. The van der Waals surface area contributed by atoms with Gasteiger partial charge in [-0.15, -0.1) is 0 Å². The Kier molecular flexibility index (Phi) is 3.85. The lowest BCUT2D eigenvalue weighted by atomic mass is 10.2. The number of rotatable bonds is 3. The van der Waals surface area contributed by atoms with Crippen LogP contribution in [0, 0.1) is 0 Å². The zero-order valence-corrected chi connectivity index (χ0v) is 13.3. The van der Waals surface area contributed by atoms with Crippen molar-refractivity contribution >= 4 is 44.1 Å². The summed E-state index contributed by atoms with van der Waals surface area (Å²) in [5.74, 6) is -0.361. The van der Waals surface area contributed by atoms with Crippen LogP contribution in [-0.4, -0.2) is 19.3 Å². The standard InChI is InChI=1S/C15H12ClN3O3S/c16-12-3-1-2-9-8-13(19-14(9)12)15(20)18-10-4-6-11(7-5-10)23(17,21)22/h1-8,19H,(H,18,20)(H2,17,21,22). The van der Waals surface area contributed by atoms with Gasteiger partial charge in [0, 0.05) is 11.1 Å². The van der Waals surface area contributed by atoms with Crippen molar-refractivity contribution in [2.75, 3.05) is 5.32 Å². The summed E-state index contributed by atoms with van der Waals surface area (Å²) in [5.41, 5.74) is 1.49. The number of hydrogen-bond donors (Lipinski definition) is 3. The quantitative estimate of drug-likeness (QED) is 0.677. The van der Waals surface area contributed by atoms with E-state index in [1.165, 1.54) is 24.3 Å². The number of carbonyl (C=O) groups excluding carboxylic acids is 1. The van der Waals surface area contributed by atoms with Crippen molar-refractivity contribution in [3.8, 4) is 0 Å². The Morgan fingerprint density at radius 1 is 1.13 bits per heavy atom. The van der Waals surface area contributed by atoms with Gasteiger partial charge in [0.05, 0.1) is 15.4 Å². The van der Waals surface area contributed by atoms with Gasteiger partial charge in [0.25, 0.3) is 5.91 Å². The number of hydrogen-bond acceptors (Lipinski definition) is 3. The molecule has 0 aliphatic rings. The van der Waals surface area contributed by atoms with Gasteiger partial charge in [-0.2, -0.15) is 0 Å². The van der Waals surface area contributed by atoms with E-state index in [4.69, 9.17) is 16.7 Å². The second-order valence-electron chi connectivity index (χ2n) is 4.91. The van der Waals surface area contributed by atoms with E-state index in [0.29, 0.717) is 21.9 Å². The molecular weight excluding hydrogens is 338 g/mol. The van der Waals surface area contributed by atoms with Gasteiger partial charge >= 0.3 is 0 Å². The second-order valence-corrected chi connectivity index (χ2v) is 6.88. The Morgan fingerprint density at radius 3 is 2.43 bits per heavy atom. The van der Waals surface area contributed by atoms with Crippen molar-refractivity contribution in [1.29, 1.82) is 0 Å². The zero-order valence-electron chi connectivity index (χ0n) is 11.7. The molecular formula is C15H12ClN3O3S. The van der Waals surface area contributed by atoms with Gasteiger partial charge in [-0.3, -0.25) is 4.79 Å². The van der Waals surface area contributed by atoms with Gasteiger partial charge in [0.2, 0.25) is 10.0 Å². The molecule has 3 aromatic rings. The van der Waals surface area contributed by atoms with Crippen molar-refractivity contribution in [3.05, 3.63) is 59.2 Å². The summed E-state index contributed by atoms with van der Waals surface area (Å²) in [7, 11) is -3.76. The molecule has 1 amide bonds. The fourth-order valence-corrected chi connectivity index (χ4v) is 2.91. The first-order valence-corrected chi connectivity index (χ1v) is 8.48. The van der Waals surface area contributed by atoms with Crippen molar-refractivity contribution in [3.63, 3.8) is 0 Å². The molecule has 3 rings (SSSR count). The van der Waals surface area contributed by atoms with E-state index in [1.807, 2.05) is 6.07 Å². The molecule has 0 fully saturated rings. The normalized spacial score (nSPS) is 11.6. The maximum atomic E-state index is 12.2. The van der Waals surface area contributed by atoms with E-state index in [2.05, 4.69) is 10.3 Å². The Hall–Kier alpha value is -2.35. The Balaban J connectivity index is 1.84. The first kappa shape index (κ1) is 15.5. The molecule has 6 nitrogen and oxygen atoms in total. The number of para-hydroxylation sites is 1. The number of H-pyrrole nitrogens is 1. The minimum absolute atomic E-state index is 0.0205. The van der Waals surface area contributed by atoms with E-state index in [-0.39, 0.29) is 10.8 Å². The third kappa shape index (κ3) is 3.21. The van der Waals surface area contributed by atoms with Crippen LogP contribution in [0.2, 0.25) is 5.02 Å². The van der Waals surface area contributed by atoms with Crippen LogP contribution in [0.5, 0.6) is 0 Å². The molecule has 1 aromatic heterocycles. The van der Waals surface area contributed by atoms with Crippen LogP contribution in [0.1, 0.15) is 10.5 Å². The molecule has 0 aliphatic carbocycles. The molecule has 0 atom stereocenters. The Bertz CT molecular complexity index is 994. The number of aromatic nitrogens is 1. The van der Waals surface area contributed by atoms with Crippen LogP contribution in [0.3, 0.4) is 0 Å². The predicted molar refractivity (Wildman–Crippen MR) is 89.1 cm³/mol. The minimum Gasteiger partial charge on any atom is -0.349 e. The van der Waals surface area contributed by atoms with E-state index >= 15 is 0 Å². The predicted octanol–water partition coefficient (Wildman–Crippen LogP) is 2.72. The number of aromatic amines is 1. The van der Waals surface area contributed by atoms with Gasteiger partial charge < -0.3 is 10.3 Å². The van der Waals surface area contributed by atoms with Crippen molar-refractivity contribution in [2.24, 2.45) is 5.14 Å². The monoisotopic (exact) mass is 349 g/mol. The van der Waals surface area contributed by atoms with Gasteiger partial charge in [-0.05, 0) is 36.4 Å². The third-order valence-corrected chi connectivity index (χ3v) is 4.53. The highest BCUT2D eigenvalue weighted by molar-refractivity contribution is 7.89. The lowest BCUT2D eigenvalue weighted by Gasteiger charge is -2.04. The molecule has 0 radical (unpaired) electrons. The van der Waals surface area contributed by atoms with Gasteiger partial charge in [-0.1, -0.05) is 23.7 Å². The molecule has 4 N–H and O–H groups in total. The smallest absolute Gasteiger partial charge is 0.272 e. The molecule has 0 saturated carbocycles. The van der Waals surface area contributed by atoms with E-state index < -0.39 is 10.0 Å². The number of nitrogens with two attached hydrogens (primary N) is 1. The maximum absolute atomic E-state index is 12.2. The molecule has 1 heterocycles. The summed E-state index contributed by atoms with van der Waals surface area (Å²) in [6.45, 7) is 0. The number of halogens is 1. The van der Waals surface area contributed by atoms with Crippen molar-refractivity contribution in [2.45, 2.75) is 4.90 Å². The number of sulfonamides is 1. The molecule has 0 spiro atoms. The van der Waals surface area contributed by atoms with Crippen molar-refractivity contribution < 1.29 is 13.2 Å². The average Bonchev–Trinajstić information content (AvgIpc) is 2.92.